The van der Waals surface area contributed by atoms with E-state index >= 15 is 0 Å². The summed E-state index contributed by atoms with van der Waals surface area (Å²) in [4.78, 5) is 2.55. The van der Waals surface area contributed by atoms with E-state index in [0.29, 0.717) is 6.04 Å². The molecule has 1 fully saturated rings. The van der Waals surface area contributed by atoms with Crippen LogP contribution in [0.5, 0.6) is 5.75 Å². The van der Waals surface area contributed by atoms with E-state index in [1.54, 1.807) is 7.11 Å². The van der Waals surface area contributed by atoms with Crippen molar-refractivity contribution < 1.29 is 4.74 Å². The average Bonchev–Trinajstić information content (AvgIpc) is 2.50. The van der Waals surface area contributed by atoms with E-state index < -0.39 is 0 Å². The molecule has 3 nitrogen and oxygen atoms in total. The standard InChI is InChI=1S/C17H28N2O/c1-3-16(18)12-14-8-10-19(11-9-14)13-15-4-6-17(20-2)7-5-15/h4-7,14,16H,3,8-13,18H2,1-2H3. The van der Waals surface area contributed by atoms with Crippen LogP contribution in [0.15, 0.2) is 24.3 Å². The maximum atomic E-state index is 6.06. The van der Waals surface area contributed by atoms with Crippen molar-refractivity contribution in [2.45, 2.75) is 45.2 Å². The molecular formula is C17H28N2O. The van der Waals surface area contributed by atoms with E-state index in [1.807, 2.05) is 12.1 Å². The number of piperidine rings is 1. The average molecular weight is 276 g/mol. The quantitative estimate of drug-likeness (QED) is 0.868. The number of likely N-dealkylation sites (tertiary alicyclic amines) is 1. The molecule has 1 heterocycles. The lowest BCUT2D eigenvalue weighted by Crippen LogP contribution is -2.35. The topological polar surface area (TPSA) is 38.5 Å². The Hall–Kier alpha value is -1.06. The van der Waals surface area contributed by atoms with Gasteiger partial charge in [0.2, 0.25) is 0 Å². The summed E-state index contributed by atoms with van der Waals surface area (Å²) in [5.74, 6) is 1.76. The zero-order valence-electron chi connectivity index (χ0n) is 12.8. The summed E-state index contributed by atoms with van der Waals surface area (Å²) in [5, 5.41) is 0. The molecule has 20 heavy (non-hydrogen) atoms. The third-order valence-electron chi connectivity index (χ3n) is 4.43. The maximum Gasteiger partial charge on any atom is 0.118 e. The predicted molar refractivity (Wildman–Crippen MR) is 83.9 cm³/mol. The third-order valence-corrected chi connectivity index (χ3v) is 4.43. The first-order chi connectivity index (χ1) is 9.71. The van der Waals surface area contributed by atoms with Crippen LogP contribution >= 0.6 is 0 Å². The van der Waals surface area contributed by atoms with Crippen LogP contribution in [0.2, 0.25) is 0 Å². The van der Waals surface area contributed by atoms with Crippen LogP contribution < -0.4 is 10.5 Å². The molecule has 0 amide bonds. The summed E-state index contributed by atoms with van der Waals surface area (Å²) in [6.45, 7) is 5.64. The van der Waals surface area contributed by atoms with Gasteiger partial charge in [0.05, 0.1) is 7.11 Å². The fourth-order valence-corrected chi connectivity index (χ4v) is 2.96. The van der Waals surface area contributed by atoms with Crippen LogP contribution in [-0.4, -0.2) is 31.1 Å². The van der Waals surface area contributed by atoms with Gasteiger partial charge in [-0.1, -0.05) is 19.1 Å². The van der Waals surface area contributed by atoms with Crippen molar-refractivity contribution in [3.05, 3.63) is 29.8 Å². The van der Waals surface area contributed by atoms with E-state index in [9.17, 15) is 0 Å². The zero-order valence-corrected chi connectivity index (χ0v) is 12.8. The summed E-state index contributed by atoms with van der Waals surface area (Å²) < 4.78 is 5.20. The second-order valence-electron chi connectivity index (χ2n) is 5.97. The molecule has 0 aliphatic carbocycles. The fraction of sp³-hybridized carbons (Fsp3) is 0.647. The van der Waals surface area contributed by atoms with Crippen molar-refractivity contribution in [3.63, 3.8) is 0 Å². The van der Waals surface area contributed by atoms with Crippen LogP contribution in [0.1, 0.15) is 38.2 Å². The lowest BCUT2D eigenvalue weighted by Gasteiger charge is -2.33. The molecule has 1 aliphatic rings. The minimum Gasteiger partial charge on any atom is -0.497 e. The van der Waals surface area contributed by atoms with Crippen molar-refractivity contribution in [2.75, 3.05) is 20.2 Å². The molecule has 1 aromatic carbocycles. The van der Waals surface area contributed by atoms with Crippen molar-refractivity contribution in [1.29, 1.82) is 0 Å². The highest BCUT2D eigenvalue weighted by Crippen LogP contribution is 2.23. The second kappa shape index (κ2) is 7.65. The van der Waals surface area contributed by atoms with Crippen LogP contribution in [0.25, 0.3) is 0 Å². The Balaban J connectivity index is 1.76. The second-order valence-corrected chi connectivity index (χ2v) is 5.97. The van der Waals surface area contributed by atoms with Crippen LogP contribution in [0, 0.1) is 5.92 Å². The van der Waals surface area contributed by atoms with Crippen LogP contribution in [0.4, 0.5) is 0 Å². The molecule has 0 bridgehead atoms. The monoisotopic (exact) mass is 276 g/mol. The minimum atomic E-state index is 0.396. The fourth-order valence-electron chi connectivity index (χ4n) is 2.96. The summed E-state index contributed by atoms with van der Waals surface area (Å²) in [6, 6.07) is 8.81. The van der Waals surface area contributed by atoms with Crippen molar-refractivity contribution in [2.24, 2.45) is 11.7 Å². The molecule has 1 atom stereocenters. The number of benzene rings is 1. The predicted octanol–water partition coefficient (Wildman–Crippen LogP) is 3.03. The van der Waals surface area contributed by atoms with Gasteiger partial charge in [-0.25, -0.2) is 0 Å². The molecule has 3 heteroatoms. The van der Waals surface area contributed by atoms with E-state index in [1.165, 1.54) is 37.9 Å². The highest BCUT2D eigenvalue weighted by atomic mass is 16.5. The first kappa shape index (κ1) is 15.3. The van der Waals surface area contributed by atoms with Crippen LogP contribution in [0.3, 0.4) is 0 Å². The van der Waals surface area contributed by atoms with Gasteiger partial charge in [-0.3, -0.25) is 4.90 Å². The Labute approximate surface area is 123 Å². The van der Waals surface area contributed by atoms with Gasteiger partial charge >= 0.3 is 0 Å². The number of nitrogens with two attached hydrogens (primary N) is 1. The Bertz CT molecular complexity index is 382. The summed E-state index contributed by atoms with van der Waals surface area (Å²) >= 11 is 0. The van der Waals surface area contributed by atoms with Gasteiger partial charge in [0.15, 0.2) is 0 Å². The molecule has 1 saturated heterocycles. The van der Waals surface area contributed by atoms with Crippen molar-refractivity contribution in [1.82, 2.24) is 4.90 Å². The molecule has 0 radical (unpaired) electrons. The molecule has 1 unspecified atom stereocenters. The number of hydrogen-bond acceptors (Lipinski definition) is 3. The molecular weight excluding hydrogens is 248 g/mol. The Morgan fingerprint density at radius 1 is 1.25 bits per heavy atom. The summed E-state index contributed by atoms with van der Waals surface area (Å²) in [6.07, 6.45) is 4.90. The van der Waals surface area contributed by atoms with Crippen molar-refractivity contribution >= 4 is 0 Å². The zero-order chi connectivity index (χ0) is 14.4. The molecule has 2 rings (SSSR count). The smallest absolute Gasteiger partial charge is 0.118 e. The highest BCUT2D eigenvalue weighted by Gasteiger charge is 2.20. The van der Waals surface area contributed by atoms with Crippen molar-refractivity contribution in [3.8, 4) is 5.75 Å². The number of hydrogen-bond donors (Lipinski definition) is 1. The Morgan fingerprint density at radius 3 is 2.45 bits per heavy atom. The lowest BCUT2D eigenvalue weighted by atomic mass is 9.89. The number of ether oxygens (including phenoxy) is 1. The normalized spacial score (nSPS) is 18.9. The molecule has 2 N–H and O–H groups in total. The summed E-state index contributed by atoms with van der Waals surface area (Å²) in [5.41, 5.74) is 7.43. The van der Waals surface area contributed by atoms with Gasteiger partial charge in [-0.2, -0.15) is 0 Å². The first-order valence-corrected chi connectivity index (χ1v) is 7.82. The van der Waals surface area contributed by atoms with E-state index in [2.05, 4.69) is 24.0 Å². The highest BCUT2D eigenvalue weighted by molar-refractivity contribution is 5.27. The van der Waals surface area contributed by atoms with E-state index in [4.69, 9.17) is 10.5 Å². The Kier molecular flexibility index (Phi) is 5.86. The first-order valence-electron chi connectivity index (χ1n) is 7.82. The minimum absolute atomic E-state index is 0.396. The molecule has 1 aliphatic heterocycles. The van der Waals surface area contributed by atoms with Gasteiger partial charge < -0.3 is 10.5 Å². The summed E-state index contributed by atoms with van der Waals surface area (Å²) in [7, 11) is 1.71. The van der Waals surface area contributed by atoms with Gasteiger partial charge in [0, 0.05) is 12.6 Å². The maximum absolute atomic E-state index is 6.06. The SMILES string of the molecule is CCC(N)CC1CCN(Cc2ccc(OC)cc2)CC1. The Morgan fingerprint density at radius 2 is 1.90 bits per heavy atom. The van der Waals surface area contributed by atoms with Gasteiger partial charge in [0.25, 0.3) is 0 Å². The molecule has 0 aromatic heterocycles. The van der Waals surface area contributed by atoms with Gasteiger partial charge in [-0.15, -0.1) is 0 Å². The molecule has 0 saturated carbocycles. The molecule has 0 spiro atoms. The third kappa shape index (κ3) is 4.50. The van der Waals surface area contributed by atoms with E-state index in [0.717, 1.165) is 24.6 Å². The number of rotatable bonds is 6. The number of methoxy groups -OCH3 is 1. The molecule has 112 valence electrons. The number of nitrogens with zero attached hydrogens (tertiary/aromatic N) is 1. The van der Waals surface area contributed by atoms with Crippen LogP contribution in [-0.2, 0) is 6.54 Å². The molecule has 1 aromatic rings. The van der Waals surface area contributed by atoms with Gasteiger partial charge in [-0.05, 0) is 62.4 Å². The lowest BCUT2D eigenvalue weighted by molar-refractivity contribution is 0.167. The van der Waals surface area contributed by atoms with E-state index in [-0.39, 0.29) is 0 Å². The van der Waals surface area contributed by atoms with Gasteiger partial charge in [0.1, 0.15) is 5.75 Å². The largest absolute Gasteiger partial charge is 0.497 e.